The number of nitrogens with zero attached hydrogens (tertiary/aromatic N) is 9. The van der Waals surface area contributed by atoms with Crippen molar-refractivity contribution in [3.05, 3.63) is 83.1 Å². The molecule has 2 aliphatic carbocycles. The van der Waals surface area contributed by atoms with Crippen LogP contribution in [-0.4, -0.2) is 170 Å². The second kappa shape index (κ2) is 24.1. The zero-order valence-corrected chi connectivity index (χ0v) is 47.4. The number of aryl methyl sites for hydroxylation is 2. The van der Waals surface area contributed by atoms with Gasteiger partial charge in [-0.15, -0.1) is 0 Å². The molecule has 5 amide bonds. The molecule has 428 valence electrons. The number of H-pyrrole nitrogens is 1. The molecule has 3 fully saturated rings. The molecule has 1 saturated carbocycles. The van der Waals surface area contributed by atoms with Crippen molar-refractivity contribution in [1.29, 1.82) is 0 Å². The molecule has 2 aliphatic heterocycles. The number of nitrogens with one attached hydrogen (secondary N) is 5. The molecule has 23 nitrogen and oxygen atoms in total. The van der Waals surface area contributed by atoms with Crippen LogP contribution < -0.4 is 30.9 Å². The number of sulfone groups is 1. The smallest absolute Gasteiger partial charge is 0.407 e. The Morgan fingerprint density at radius 1 is 0.912 bits per heavy atom. The molecule has 9 rings (SSSR count). The van der Waals surface area contributed by atoms with E-state index in [9.17, 15) is 37.5 Å². The maximum Gasteiger partial charge on any atom is 0.407 e. The highest BCUT2D eigenvalue weighted by atomic mass is 32.2. The first kappa shape index (κ1) is 57.2. The Morgan fingerprint density at radius 3 is 2.33 bits per heavy atom. The fourth-order valence-corrected chi connectivity index (χ4v) is 12.4. The number of ether oxygens (including phenoxy) is 1. The van der Waals surface area contributed by atoms with Gasteiger partial charge in [0.2, 0.25) is 23.7 Å². The maximum atomic E-state index is 14.9. The average molecular weight is 1120 g/mol. The summed E-state index contributed by atoms with van der Waals surface area (Å²) in [5, 5.41) is 29.8. The van der Waals surface area contributed by atoms with Crippen LogP contribution in [0.5, 0.6) is 5.75 Å². The number of anilines is 3. The van der Waals surface area contributed by atoms with Gasteiger partial charge >= 0.3 is 6.09 Å². The van der Waals surface area contributed by atoms with Gasteiger partial charge in [-0.3, -0.25) is 34.1 Å². The molecule has 5 atom stereocenters. The molecule has 4 aliphatic rings. The van der Waals surface area contributed by atoms with Crippen molar-refractivity contribution in [3.8, 4) is 5.75 Å². The van der Waals surface area contributed by atoms with Gasteiger partial charge in [0.25, 0.3) is 5.91 Å². The quantitative estimate of drug-likeness (QED) is 0.0695. The van der Waals surface area contributed by atoms with Crippen LogP contribution in [0.3, 0.4) is 0 Å². The Balaban J connectivity index is 0.838. The Bertz CT molecular complexity index is 3210. The molecule has 0 bridgehead atoms. The number of fused-ring (bicyclic) bond motifs is 2. The van der Waals surface area contributed by atoms with Gasteiger partial charge in [0.15, 0.2) is 15.7 Å². The third kappa shape index (κ3) is 12.4. The van der Waals surface area contributed by atoms with E-state index in [1.54, 1.807) is 32.9 Å². The van der Waals surface area contributed by atoms with Gasteiger partial charge in [0, 0.05) is 87.5 Å². The number of hydrogen-bond donors (Lipinski definition) is 6. The van der Waals surface area contributed by atoms with Gasteiger partial charge in [0.05, 0.1) is 21.9 Å². The first-order valence-corrected chi connectivity index (χ1v) is 29.2. The van der Waals surface area contributed by atoms with Crippen LogP contribution >= 0.6 is 0 Å². The van der Waals surface area contributed by atoms with Crippen molar-refractivity contribution < 1.29 is 42.2 Å². The van der Waals surface area contributed by atoms with Crippen molar-refractivity contribution >= 4 is 68.0 Å². The molecule has 24 heteroatoms. The van der Waals surface area contributed by atoms with E-state index < -0.39 is 62.6 Å². The van der Waals surface area contributed by atoms with Gasteiger partial charge < -0.3 is 40.9 Å². The van der Waals surface area contributed by atoms with E-state index >= 15 is 0 Å². The lowest BCUT2D eigenvalue weighted by molar-refractivity contribution is -0.143. The largest absolute Gasteiger partial charge is 0.491 e. The zero-order valence-electron chi connectivity index (χ0n) is 46.6. The highest BCUT2D eigenvalue weighted by Gasteiger charge is 2.46. The van der Waals surface area contributed by atoms with Crippen molar-refractivity contribution in [1.82, 2.24) is 60.8 Å². The third-order valence-corrected chi connectivity index (χ3v) is 18.9. The average Bonchev–Trinajstić information content (AvgIpc) is 4.06. The summed E-state index contributed by atoms with van der Waals surface area (Å²) in [5.74, 6) is -0.491. The molecule has 0 spiro atoms. The van der Waals surface area contributed by atoms with E-state index in [2.05, 4.69) is 62.4 Å². The summed E-state index contributed by atoms with van der Waals surface area (Å²) in [7, 11) is -2.58. The van der Waals surface area contributed by atoms with Crippen molar-refractivity contribution in [2.24, 2.45) is 5.92 Å². The van der Waals surface area contributed by atoms with Gasteiger partial charge in [-0.25, -0.2) is 33.1 Å². The summed E-state index contributed by atoms with van der Waals surface area (Å²) in [5.41, 5.74) is 4.69. The lowest BCUT2D eigenvalue weighted by Crippen LogP contribution is -2.59. The Kier molecular flexibility index (Phi) is 17.2. The normalized spacial score (nSPS) is 19.9. The number of likely N-dealkylation sites (tertiary alicyclic amines) is 1. The van der Waals surface area contributed by atoms with E-state index in [0.717, 1.165) is 65.8 Å². The zero-order chi connectivity index (χ0) is 57.0. The molecule has 2 saturated heterocycles. The number of amides is 5. The standard InChI is InChI=1S/C56H74N14O9S/c1-33-34(2)65-66-48(33)64-49-41-27-46(80(77,78)56(4,5)6)45(28-43(41)59-32-60-49)79-25-24-68-20-22-69(23-21-68)54-57-29-38(30-58-54)51(72)61-39-26-44(52(73)62-42-19-13-17-36-14-11-12-18-40(36)42)70(31-39)53(74)47(37-15-9-8-10-16-37)63-50(71)35(3)67(7)55(75)76/h11-12,14,18,27-30,32,35,37,39,42,44,47H,8-10,13,15-17,19-26,31H2,1-7H3,(H,61,72)(H,62,73)(H,63,71)(H,75,76)(H2,59,60,64,65,66)/t35?,39-,42+,44-,47-/m0/s1. The molecule has 3 aromatic heterocycles. The number of carbonyl (C=O) groups is 5. The van der Waals surface area contributed by atoms with Crippen LogP contribution in [0, 0.1) is 19.8 Å². The summed E-state index contributed by atoms with van der Waals surface area (Å²) in [6.07, 6.45) is 9.74. The van der Waals surface area contributed by atoms with Crippen molar-refractivity contribution in [3.63, 3.8) is 0 Å². The van der Waals surface area contributed by atoms with Gasteiger partial charge in [0.1, 0.15) is 47.5 Å². The minimum Gasteiger partial charge on any atom is -0.491 e. The summed E-state index contributed by atoms with van der Waals surface area (Å²) in [6.45, 7) is 13.4. The fraction of sp³-hybridized carbons (Fsp3) is 0.536. The third-order valence-electron chi connectivity index (χ3n) is 16.4. The highest BCUT2D eigenvalue weighted by molar-refractivity contribution is 7.92. The molecular formula is C56H74N14O9S. The molecule has 80 heavy (non-hydrogen) atoms. The van der Waals surface area contributed by atoms with Crippen LogP contribution in [0.1, 0.15) is 118 Å². The first-order valence-electron chi connectivity index (χ1n) is 27.7. The van der Waals surface area contributed by atoms with Crippen LogP contribution in [0.4, 0.5) is 22.4 Å². The fourth-order valence-electron chi connectivity index (χ4n) is 11.1. The minimum atomic E-state index is -3.88. The van der Waals surface area contributed by atoms with Crippen LogP contribution in [0.2, 0.25) is 0 Å². The number of carbonyl (C=O) groups excluding carboxylic acids is 4. The number of aromatic nitrogens is 6. The Hall–Kier alpha value is -7.47. The van der Waals surface area contributed by atoms with E-state index in [1.165, 1.54) is 37.6 Å². The summed E-state index contributed by atoms with van der Waals surface area (Å²) in [6, 6.07) is 7.26. The van der Waals surface area contributed by atoms with Gasteiger partial charge in [-0.1, -0.05) is 43.5 Å². The van der Waals surface area contributed by atoms with E-state index in [4.69, 9.17) is 4.74 Å². The summed E-state index contributed by atoms with van der Waals surface area (Å²) < 4.78 is 33.3. The first-order chi connectivity index (χ1) is 38.2. The molecule has 5 heterocycles. The topological polar surface area (TPSA) is 290 Å². The maximum absolute atomic E-state index is 14.9. The van der Waals surface area contributed by atoms with E-state index in [1.807, 2.05) is 36.9 Å². The summed E-state index contributed by atoms with van der Waals surface area (Å²) in [4.78, 5) is 93.5. The van der Waals surface area contributed by atoms with E-state index in [0.29, 0.717) is 74.1 Å². The molecule has 5 aromatic rings. The SMILES string of the molecule is Cc1[nH]nc(Nc2ncnc3cc(OCCN4CCN(c5ncc(C(=O)N[C@H]6C[C@@H](C(=O)N[C@@H]7CCCc8ccccc87)N(C(=O)[C@@H](NC(=O)C(C)N(C)C(=O)O)C7CCCCC7)C6)cn5)CC4)c(S(=O)(=O)C(C)(C)C)cc23)c1C. The number of rotatable bonds is 17. The predicted molar refractivity (Wildman–Crippen MR) is 299 cm³/mol. The number of aromatic amines is 1. The molecule has 0 radical (unpaired) electrons. The number of piperazine rings is 1. The number of carboxylic acid groups (broad SMARTS) is 1. The van der Waals surface area contributed by atoms with Crippen LogP contribution in [-0.2, 0) is 30.6 Å². The number of benzene rings is 2. The number of hydrogen-bond acceptors (Lipinski definition) is 16. The van der Waals surface area contributed by atoms with Gasteiger partial charge in [-0.05, 0) is 103 Å². The summed E-state index contributed by atoms with van der Waals surface area (Å²) >= 11 is 0. The van der Waals surface area contributed by atoms with Crippen molar-refractivity contribution in [2.75, 3.05) is 63.1 Å². The lowest BCUT2D eigenvalue weighted by atomic mass is 9.83. The molecule has 1 unspecified atom stereocenters. The molecule has 6 N–H and O–H groups in total. The highest BCUT2D eigenvalue weighted by Crippen LogP contribution is 2.38. The Morgan fingerprint density at radius 2 is 1.64 bits per heavy atom. The molecular weight excluding hydrogens is 1040 g/mol. The predicted octanol–water partition coefficient (Wildman–Crippen LogP) is 5.23. The van der Waals surface area contributed by atoms with Crippen LogP contribution in [0.15, 0.2) is 60.0 Å². The minimum absolute atomic E-state index is 0.00150. The van der Waals surface area contributed by atoms with Crippen molar-refractivity contribution in [2.45, 2.75) is 139 Å². The second-order valence-corrected chi connectivity index (χ2v) is 25.2. The van der Waals surface area contributed by atoms with Gasteiger partial charge in [-0.2, -0.15) is 5.10 Å². The second-order valence-electron chi connectivity index (χ2n) is 22.6. The Labute approximate surface area is 466 Å². The van der Waals surface area contributed by atoms with Crippen LogP contribution in [0.25, 0.3) is 10.9 Å². The monoisotopic (exact) mass is 1120 g/mol. The van der Waals surface area contributed by atoms with E-state index in [-0.39, 0.29) is 53.6 Å². The number of likely N-dealkylation sites (N-methyl/N-ethyl adjacent to an activating group) is 1. The lowest BCUT2D eigenvalue weighted by Gasteiger charge is -2.36. The molecule has 2 aromatic carbocycles.